The summed E-state index contributed by atoms with van der Waals surface area (Å²) in [4.78, 5) is 0. The van der Waals surface area contributed by atoms with E-state index < -0.39 is 0 Å². The zero-order valence-corrected chi connectivity index (χ0v) is 8.59. The van der Waals surface area contributed by atoms with Crippen molar-refractivity contribution in [2.45, 2.75) is 38.6 Å². The Hall–Kier alpha value is -0.980. The van der Waals surface area contributed by atoms with Crippen molar-refractivity contribution in [1.82, 2.24) is 0 Å². The third-order valence-corrected chi connectivity index (χ3v) is 2.87. The van der Waals surface area contributed by atoms with Crippen LogP contribution in [-0.2, 0) is 5.41 Å². The third-order valence-electron chi connectivity index (χ3n) is 2.87. The Labute approximate surface area is 80.2 Å². The second-order valence-electron chi connectivity index (χ2n) is 4.68. The molecule has 0 radical (unpaired) electrons. The van der Waals surface area contributed by atoms with Gasteiger partial charge in [-0.2, -0.15) is 0 Å². The lowest BCUT2D eigenvalue weighted by Gasteiger charge is -2.37. The molecule has 0 aromatic heterocycles. The van der Waals surface area contributed by atoms with E-state index in [-0.39, 0.29) is 0 Å². The molecule has 1 aliphatic rings. The van der Waals surface area contributed by atoms with E-state index in [0.717, 1.165) is 0 Å². The fraction of sp³-hybridized carbons (Fsp3) is 0.500. The van der Waals surface area contributed by atoms with Crippen LogP contribution in [0.2, 0.25) is 0 Å². The summed E-state index contributed by atoms with van der Waals surface area (Å²) >= 11 is 0. The van der Waals surface area contributed by atoms with Crippen LogP contribution < -0.4 is 5.32 Å². The molecule has 1 heterocycles. The van der Waals surface area contributed by atoms with Crippen molar-refractivity contribution in [3.8, 4) is 0 Å². The number of hydrogen-bond donors (Lipinski definition) is 1. The van der Waals surface area contributed by atoms with Crippen LogP contribution in [0.15, 0.2) is 24.3 Å². The Morgan fingerprint density at radius 2 is 2.00 bits per heavy atom. The molecule has 1 heteroatoms. The van der Waals surface area contributed by atoms with Gasteiger partial charge in [-0.3, -0.25) is 0 Å². The Morgan fingerprint density at radius 1 is 1.31 bits per heavy atom. The van der Waals surface area contributed by atoms with Gasteiger partial charge in [0.05, 0.1) is 0 Å². The highest BCUT2D eigenvalue weighted by atomic mass is 14.9. The van der Waals surface area contributed by atoms with Gasteiger partial charge in [0.2, 0.25) is 0 Å². The quantitative estimate of drug-likeness (QED) is 0.638. The second-order valence-corrected chi connectivity index (χ2v) is 4.68. The van der Waals surface area contributed by atoms with Crippen LogP contribution in [0.25, 0.3) is 0 Å². The largest absolute Gasteiger partial charge is 0.382 e. The molecule has 1 atom stereocenters. The van der Waals surface area contributed by atoms with E-state index in [1.807, 2.05) is 0 Å². The highest BCUT2D eigenvalue weighted by molar-refractivity contribution is 5.57. The number of hydrogen-bond acceptors (Lipinski definition) is 1. The van der Waals surface area contributed by atoms with Crippen molar-refractivity contribution < 1.29 is 0 Å². The predicted molar refractivity (Wildman–Crippen MR) is 57.2 cm³/mol. The van der Waals surface area contributed by atoms with E-state index in [4.69, 9.17) is 0 Å². The van der Waals surface area contributed by atoms with Gasteiger partial charge in [-0.05, 0) is 30.4 Å². The average molecular weight is 175 g/mol. The van der Waals surface area contributed by atoms with Gasteiger partial charge in [0, 0.05) is 11.7 Å². The van der Waals surface area contributed by atoms with Crippen LogP contribution in [0.5, 0.6) is 0 Å². The molecule has 0 spiro atoms. The molecule has 1 nitrogen and oxygen atoms in total. The summed E-state index contributed by atoms with van der Waals surface area (Å²) < 4.78 is 0. The maximum atomic E-state index is 3.52. The number of fused-ring (bicyclic) bond motifs is 1. The number of nitrogens with one attached hydrogen (secondary N) is 1. The van der Waals surface area contributed by atoms with Crippen molar-refractivity contribution >= 4 is 5.69 Å². The highest BCUT2D eigenvalue weighted by Crippen LogP contribution is 2.38. The maximum Gasteiger partial charge on any atom is 0.0380 e. The first-order chi connectivity index (χ1) is 6.09. The lowest BCUT2D eigenvalue weighted by atomic mass is 9.76. The molecule has 1 aliphatic heterocycles. The van der Waals surface area contributed by atoms with Gasteiger partial charge in [-0.1, -0.05) is 32.0 Å². The van der Waals surface area contributed by atoms with Crippen molar-refractivity contribution in [3.63, 3.8) is 0 Å². The van der Waals surface area contributed by atoms with Crippen molar-refractivity contribution in [2.75, 3.05) is 5.32 Å². The average Bonchev–Trinajstić information content (AvgIpc) is 2.02. The molecule has 0 amide bonds. The van der Waals surface area contributed by atoms with E-state index in [1.54, 1.807) is 0 Å². The first kappa shape index (κ1) is 8.61. The first-order valence-electron chi connectivity index (χ1n) is 4.96. The van der Waals surface area contributed by atoms with Crippen LogP contribution >= 0.6 is 0 Å². The SMILES string of the molecule is C[C@@H]1CC(C)(C)c2ccccc2N1. The summed E-state index contributed by atoms with van der Waals surface area (Å²) in [6, 6.07) is 9.21. The molecule has 13 heavy (non-hydrogen) atoms. The molecule has 1 N–H and O–H groups in total. The fourth-order valence-electron chi connectivity index (χ4n) is 2.39. The van der Waals surface area contributed by atoms with E-state index >= 15 is 0 Å². The van der Waals surface area contributed by atoms with Gasteiger partial charge in [0.25, 0.3) is 0 Å². The topological polar surface area (TPSA) is 12.0 Å². The van der Waals surface area contributed by atoms with Gasteiger partial charge in [0.15, 0.2) is 0 Å². The van der Waals surface area contributed by atoms with Crippen LogP contribution in [0.4, 0.5) is 5.69 Å². The monoisotopic (exact) mass is 175 g/mol. The molecule has 0 saturated heterocycles. The standard InChI is InChI=1S/C12H17N/c1-9-8-12(2,3)10-6-4-5-7-11(10)13-9/h4-7,9,13H,8H2,1-3H3/t9-/m1/s1. The third kappa shape index (κ3) is 1.43. The summed E-state index contributed by atoms with van der Waals surface area (Å²) in [5.41, 5.74) is 3.08. The number of rotatable bonds is 0. The van der Waals surface area contributed by atoms with Crippen LogP contribution in [0, 0.1) is 0 Å². The summed E-state index contributed by atoms with van der Waals surface area (Å²) in [5, 5.41) is 3.52. The molecule has 0 fully saturated rings. The minimum Gasteiger partial charge on any atom is -0.382 e. The Morgan fingerprint density at radius 3 is 2.77 bits per heavy atom. The zero-order valence-electron chi connectivity index (χ0n) is 8.59. The molecule has 0 saturated carbocycles. The van der Waals surface area contributed by atoms with Gasteiger partial charge in [-0.15, -0.1) is 0 Å². The van der Waals surface area contributed by atoms with Crippen LogP contribution in [0.1, 0.15) is 32.8 Å². The summed E-state index contributed by atoms with van der Waals surface area (Å²) in [6.45, 7) is 6.89. The lowest BCUT2D eigenvalue weighted by Crippen LogP contribution is -2.34. The molecular weight excluding hydrogens is 158 g/mol. The molecule has 0 unspecified atom stereocenters. The highest BCUT2D eigenvalue weighted by Gasteiger charge is 2.29. The zero-order chi connectivity index (χ0) is 9.47. The van der Waals surface area contributed by atoms with Crippen molar-refractivity contribution in [1.29, 1.82) is 0 Å². The van der Waals surface area contributed by atoms with E-state index in [0.29, 0.717) is 11.5 Å². The predicted octanol–water partition coefficient (Wildman–Crippen LogP) is 3.17. The lowest BCUT2D eigenvalue weighted by molar-refractivity contribution is 0.434. The number of benzene rings is 1. The summed E-state index contributed by atoms with van der Waals surface area (Å²) in [5.74, 6) is 0. The van der Waals surface area contributed by atoms with Crippen LogP contribution in [-0.4, -0.2) is 6.04 Å². The molecule has 70 valence electrons. The normalized spacial score (nSPS) is 24.7. The van der Waals surface area contributed by atoms with Crippen LogP contribution in [0.3, 0.4) is 0 Å². The maximum absolute atomic E-state index is 3.52. The molecular formula is C12H17N. The first-order valence-corrected chi connectivity index (χ1v) is 4.96. The van der Waals surface area contributed by atoms with E-state index in [2.05, 4.69) is 50.4 Å². The molecule has 0 bridgehead atoms. The molecule has 2 rings (SSSR count). The summed E-state index contributed by atoms with van der Waals surface area (Å²) in [7, 11) is 0. The van der Waals surface area contributed by atoms with Gasteiger partial charge in [-0.25, -0.2) is 0 Å². The smallest absolute Gasteiger partial charge is 0.0380 e. The van der Waals surface area contributed by atoms with Gasteiger partial charge >= 0.3 is 0 Å². The molecule has 0 aliphatic carbocycles. The van der Waals surface area contributed by atoms with E-state index in [9.17, 15) is 0 Å². The number of anilines is 1. The van der Waals surface area contributed by atoms with Crippen molar-refractivity contribution in [3.05, 3.63) is 29.8 Å². The Balaban J connectivity index is 2.50. The molecule has 1 aromatic carbocycles. The summed E-state index contributed by atoms with van der Waals surface area (Å²) in [6.07, 6.45) is 1.21. The Bertz CT molecular complexity index is 315. The van der Waals surface area contributed by atoms with Gasteiger partial charge in [0.1, 0.15) is 0 Å². The Kier molecular flexibility index (Phi) is 1.83. The minimum atomic E-state index is 0.321. The van der Waals surface area contributed by atoms with E-state index in [1.165, 1.54) is 17.7 Å². The van der Waals surface area contributed by atoms with Crippen molar-refractivity contribution in [2.24, 2.45) is 0 Å². The van der Waals surface area contributed by atoms with Gasteiger partial charge < -0.3 is 5.32 Å². The fourth-order valence-corrected chi connectivity index (χ4v) is 2.39. The second kappa shape index (κ2) is 2.76. The molecule has 1 aromatic rings. The minimum absolute atomic E-state index is 0.321. The number of para-hydroxylation sites is 1.